The monoisotopic (exact) mass is 354 g/mol. The van der Waals surface area contributed by atoms with E-state index in [2.05, 4.69) is 10.5 Å². The summed E-state index contributed by atoms with van der Waals surface area (Å²) in [6, 6.07) is 11.3. The van der Waals surface area contributed by atoms with Crippen LogP contribution in [0.15, 0.2) is 40.9 Å². The quantitative estimate of drug-likeness (QED) is 0.660. The van der Waals surface area contributed by atoms with Crippen LogP contribution in [0.1, 0.15) is 16.8 Å². The number of hydrogen-bond acceptors (Lipinski definition) is 5. The predicted molar refractivity (Wildman–Crippen MR) is 98.7 cm³/mol. The molecule has 0 saturated heterocycles. The molecule has 1 amide bonds. The summed E-state index contributed by atoms with van der Waals surface area (Å²) in [5.41, 5.74) is 3.64. The molecule has 1 aromatic heterocycles. The number of carbonyl (C=O) groups is 1. The number of fused-ring (bicyclic) bond motifs is 1. The molecule has 6 heteroatoms. The Morgan fingerprint density at radius 2 is 1.81 bits per heavy atom. The second kappa shape index (κ2) is 7.91. The first kappa shape index (κ1) is 17.8. The lowest BCUT2D eigenvalue weighted by atomic mass is 10.1. The van der Waals surface area contributed by atoms with Crippen molar-refractivity contribution < 1.29 is 18.8 Å². The summed E-state index contributed by atoms with van der Waals surface area (Å²) in [5.74, 6) is 1.39. The Morgan fingerprint density at radius 3 is 2.54 bits per heavy atom. The average Bonchev–Trinajstić information content (AvgIpc) is 3.01. The van der Waals surface area contributed by atoms with Gasteiger partial charge in [0.1, 0.15) is 23.8 Å². The van der Waals surface area contributed by atoms with Gasteiger partial charge in [-0.3, -0.25) is 4.79 Å². The molecule has 0 fully saturated rings. The fraction of sp³-hybridized carbons (Fsp3) is 0.300. The van der Waals surface area contributed by atoms with Gasteiger partial charge in [-0.15, -0.1) is 0 Å². The van der Waals surface area contributed by atoms with Gasteiger partial charge in [0.25, 0.3) is 0 Å². The highest BCUT2D eigenvalue weighted by molar-refractivity contribution is 5.87. The highest BCUT2D eigenvalue weighted by Crippen LogP contribution is 2.23. The van der Waals surface area contributed by atoms with E-state index >= 15 is 0 Å². The molecule has 0 saturated carbocycles. The van der Waals surface area contributed by atoms with E-state index in [9.17, 15) is 4.79 Å². The largest absolute Gasteiger partial charge is 0.497 e. The molecule has 0 spiro atoms. The van der Waals surface area contributed by atoms with E-state index in [1.807, 2.05) is 50.2 Å². The summed E-state index contributed by atoms with van der Waals surface area (Å²) in [7, 11) is 1.62. The highest BCUT2D eigenvalue weighted by Gasteiger charge is 2.13. The summed E-state index contributed by atoms with van der Waals surface area (Å²) >= 11 is 0. The fourth-order valence-electron chi connectivity index (χ4n) is 2.62. The van der Waals surface area contributed by atoms with E-state index in [1.165, 1.54) is 0 Å². The lowest BCUT2D eigenvalue weighted by Crippen LogP contribution is -2.29. The molecule has 2 aromatic carbocycles. The molecule has 0 aliphatic carbocycles. The SMILES string of the molecule is COc1ccc(OCCNC(=O)Cc2noc3cc(C)c(C)cc23)cc1. The number of ether oxygens (including phenoxy) is 2. The van der Waals surface area contributed by atoms with Gasteiger partial charge in [-0.25, -0.2) is 0 Å². The molecule has 3 rings (SSSR count). The van der Waals surface area contributed by atoms with Gasteiger partial charge in [-0.05, 0) is 61.4 Å². The normalized spacial score (nSPS) is 10.7. The highest BCUT2D eigenvalue weighted by atomic mass is 16.5. The van der Waals surface area contributed by atoms with E-state index in [0.29, 0.717) is 24.4 Å². The molecule has 0 bridgehead atoms. The Morgan fingerprint density at radius 1 is 1.12 bits per heavy atom. The van der Waals surface area contributed by atoms with Crippen molar-refractivity contribution >= 4 is 16.9 Å². The maximum Gasteiger partial charge on any atom is 0.226 e. The Hall–Kier alpha value is -3.02. The third-order valence-corrected chi connectivity index (χ3v) is 4.24. The van der Waals surface area contributed by atoms with Gasteiger partial charge in [0.05, 0.1) is 20.1 Å². The van der Waals surface area contributed by atoms with E-state index in [4.69, 9.17) is 14.0 Å². The number of rotatable bonds is 7. The van der Waals surface area contributed by atoms with Crippen molar-refractivity contribution in [2.24, 2.45) is 0 Å². The Balaban J connectivity index is 1.49. The number of hydrogen-bond donors (Lipinski definition) is 1. The fourth-order valence-corrected chi connectivity index (χ4v) is 2.62. The van der Waals surface area contributed by atoms with E-state index in [1.54, 1.807) is 7.11 Å². The number of aryl methyl sites for hydroxylation is 2. The molecule has 0 radical (unpaired) electrons. The maximum atomic E-state index is 12.1. The number of methoxy groups -OCH3 is 1. The third-order valence-electron chi connectivity index (χ3n) is 4.24. The van der Waals surface area contributed by atoms with Crippen molar-refractivity contribution in [3.05, 3.63) is 53.2 Å². The first-order chi connectivity index (χ1) is 12.6. The van der Waals surface area contributed by atoms with Crippen LogP contribution in [0.5, 0.6) is 11.5 Å². The van der Waals surface area contributed by atoms with Gasteiger partial charge in [-0.1, -0.05) is 5.16 Å². The molecule has 6 nitrogen and oxygen atoms in total. The molecule has 26 heavy (non-hydrogen) atoms. The lowest BCUT2D eigenvalue weighted by molar-refractivity contribution is -0.120. The third kappa shape index (κ3) is 4.14. The van der Waals surface area contributed by atoms with Crippen LogP contribution in [0.25, 0.3) is 11.0 Å². The van der Waals surface area contributed by atoms with Gasteiger partial charge in [0.15, 0.2) is 5.58 Å². The van der Waals surface area contributed by atoms with Crippen LogP contribution in [0.2, 0.25) is 0 Å². The predicted octanol–water partition coefficient (Wildman–Crippen LogP) is 3.19. The van der Waals surface area contributed by atoms with E-state index in [-0.39, 0.29) is 12.3 Å². The van der Waals surface area contributed by atoms with Crippen LogP contribution >= 0.6 is 0 Å². The summed E-state index contributed by atoms with van der Waals surface area (Å²) < 4.78 is 16.0. The Kier molecular flexibility index (Phi) is 5.41. The standard InChI is InChI=1S/C20H22N2O4/c1-13-10-17-18(22-26-19(17)11-14(13)2)12-20(23)21-8-9-25-16-6-4-15(24-3)5-7-16/h4-7,10-11H,8-9,12H2,1-3H3,(H,21,23). The van der Waals surface area contributed by atoms with Crippen LogP contribution in [0.4, 0.5) is 0 Å². The van der Waals surface area contributed by atoms with Crippen LogP contribution in [-0.2, 0) is 11.2 Å². The number of carbonyl (C=O) groups excluding carboxylic acids is 1. The van der Waals surface area contributed by atoms with Crippen LogP contribution < -0.4 is 14.8 Å². The minimum atomic E-state index is -0.114. The van der Waals surface area contributed by atoms with Gasteiger partial charge < -0.3 is 19.3 Å². The van der Waals surface area contributed by atoms with Gasteiger partial charge in [-0.2, -0.15) is 0 Å². The van der Waals surface area contributed by atoms with Crippen LogP contribution in [-0.4, -0.2) is 31.3 Å². The van der Waals surface area contributed by atoms with Crippen LogP contribution in [0, 0.1) is 13.8 Å². The zero-order valence-electron chi connectivity index (χ0n) is 15.2. The molecule has 1 N–H and O–H groups in total. The number of nitrogens with one attached hydrogen (secondary N) is 1. The first-order valence-corrected chi connectivity index (χ1v) is 8.46. The van der Waals surface area contributed by atoms with Crippen molar-refractivity contribution in [3.63, 3.8) is 0 Å². The zero-order chi connectivity index (χ0) is 18.5. The molecule has 0 aliphatic heterocycles. The molecular weight excluding hydrogens is 332 g/mol. The smallest absolute Gasteiger partial charge is 0.226 e. The minimum Gasteiger partial charge on any atom is -0.497 e. The first-order valence-electron chi connectivity index (χ1n) is 8.46. The molecular formula is C20H22N2O4. The Bertz CT molecular complexity index is 900. The summed E-state index contributed by atoms with van der Waals surface area (Å²) in [6.07, 6.45) is 0.179. The topological polar surface area (TPSA) is 73.6 Å². The molecule has 0 unspecified atom stereocenters. The minimum absolute atomic E-state index is 0.114. The summed E-state index contributed by atoms with van der Waals surface area (Å²) in [4.78, 5) is 12.1. The van der Waals surface area contributed by atoms with Crippen molar-refractivity contribution in [1.29, 1.82) is 0 Å². The second-order valence-corrected chi connectivity index (χ2v) is 6.11. The molecule has 136 valence electrons. The van der Waals surface area contributed by atoms with Crippen molar-refractivity contribution in [1.82, 2.24) is 10.5 Å². The molecule has 0 aliphatic rings. The molecule has 0 atom stereocenters. The summed E-state index contributed by atoms with van der Waals surface area (Å²) in [6.45, 7) is 4.85. The molecule has 3 aromatic rings. The van der Waals surface area contributed by atoms with E-state index in [0.717, 1.165) is 28.0 Å². The van der Waals surface area contributed by atoms with Gasteiger partial charge in [0.2, 0.25) is 5.91 Å². The number of amides is 1. The van der Waals surface area contributed by atoms with Crippen LogP contribution in [0.3, 0.4) is 0 Å². The number of nitrogens with zero attached hydrogens (tertiary/aromatic N) is 1. The summed E-state index contributed by atoms with van der Waals surface area (Å²) in [5, 5.41) is 7.75. The van der Waals surface area contributed by atoms with Crippen molar-refractivity contribution in [3.8, 4) is 11.5 Å². The zero-order valence-corrected chi connectivity index (χ0v) is 15.2. The van der Waals surface area contributed by atoms with Gasteiger partial charge in [0, 0.05) is 5.39 Å². The molecule has 1 heterocycles. The second-order valence-electron chi connectivity index (χ2n) is 6.11. The lowest BCUT2D eigenvalue weighted by Gasteiger charge is -2.08. The number of benzene rings is 2. The number of aromatic nitrogens is 1. The Labute approximate surface area is 152 Å². The average molecular weight is 354 g/mol. The maximum absolute atomic E-state index is 12.1. The van der Waals surface area contributed by atoms with E-state index < -0.39 is 0 Å². The van der Waals surface area contributed by atoms with Crippen molar-refractivity contribution in [2.45, 2.75) is 20.3 Å². The van der Waals surface area contributed by atoms with Gasteiger partial charge >= 0.3 is 0 Å². The van der Waals surface area contributed by atoms with Crippen molar-refractivity contribution in [2.75, 3.05) is 20.3 Å².